The number of H-pyrrole nitrogens is 1. The molecular formula is C12H11NO2. The molecule has 3 heteroatoms. The summed E-state index contributed by atoms with van der Waals surface area (Å²) in [6.07, 6.45) is 7.33. The quantitative estimate of drug-likeness (QED) is 0.581. The van der Waals surface area contributed by atoms with Crippen LogP contribution in [0, 0.1) is 0 Å². The van der Waals surface area contributed by atoms with Gasteiger partial charge in [0.1, 0.15) is 0 Å². The topological polar surface area (TPSA) is 49.9 Å². The van der Waals surface area contributed by atoms with Crippen LogP contribution >= 0.6 is 0 Å². The van der Waals surface area contributed by atoms with Crippen LogP contribution in [0.15, 0.2) is 0 Å². The molecule has 0 saturated carbocycles. The molecule has 0 saturated heterocycles. The van der Waals surface area contributed by atoms with E-state index in [2.05, 4.69) is 4.98 Å². The summed E-state index contributed by atoms with van der Waals surface area (Å²) in [7, 11) is 0. The molecule has 0 atom stereocenters. The number of ketones is 2. The highest BCUT2D eigenvalue weighted by atomic mass is 16.2. The van der Waals surface area contributed by atoms with Gasteiger partial charge in [0.25, 0.3) is 0 Å². The number of hydrogen-bond acceptors (Lipinski definition) is 2. The molecule has 1 aromatic rings. The Morgan fingerprint density at radius 1 is 1.00 bits per heavy atom. The van der Waals surface area contributed by atoms with Crippen molar-refractivity contribution in [3.05, 3.63) is 21.8 Å². The zero-order chi connectivity index (χ0) is 10.4. The van der Waals surface area contributed by atoms with Crippen LogP contribution in [0.5, 0.6) is 0 Å². The number of aryl methyl sites for hydroxylation is 1. The molecule has 0 aromatic carbocycles. The minimum Gasteiger partial charge on any atom is -0.358 e. The maximum absolute atomic E-state index is 11.3. The minimum atomic E-state index is -0.416. The van der Waals surface area contributed by atoms with Gasteiger partial charge in [-0.25, -0.2) is 0 Å². The van der Waals surface area contributed by atoms with E-state index >= 15 is 0 Å². The Balaban J connectivity index is 2.36. The summed E-state index contributed by atoms with van der Waals surface area (Å²) < 4.78 is 0. The molecule has 3 rings (SSSR count). The minimum absolute atomic E-state index is 0.394. The van der Waals surface area contributed by atoms with Crippen molar-refractivity contribution in [3.63, 3.8) is 0 Å². The van der Waals surface area contributed by atoms with Crippen LogP contribution < -0.4 is 10.6 Å². The van der Waals surface area contributed by atoms with Crippen LogP contribution in [0.2, 0.25) is 0 Å². The number of hydrogen-bond donors (Lipinski definition) is 1. The zero-order valence-electron chi connectivity index (χ0n) is 8.30. The lowest BCUT2D eigenvalue weighted by atomic mass is 9.95. The first-order chi connectivity index (χ1) is 7.25. The summed E-state index contributed by atoms with van der Waals surface area (Å²) in [5.74, 6) is -0.809. The Labute approximate surface area is 86.5 Å². The Morgan fingerprint density at radius 2 is 1.73 bits per heavy atom. The molecule has 0 fully saturated rings. The fourth-order valence-electron chi connectivity index (χ4n) is 2.42. The molecular weight excluding hydrogens is 190 g/mol. The summed E-state index contributed by atoms with van der Waals surface area (Å²) in [6, 6.07) is 0. The van der Waals surface area contributed by atoms with E-state index in [0.29, 0.717) is 0 Å². The van der Waals surface area contributed by atoms with Crippen molar-refractivity contribution in [3.8, 4) is 0 Å². The highest BCUT2D eigenvalue weighted by Gasteiger charge is 2.19. The smallest absolute Gasteiger partial charge is 0.227 e. The van der Waals surface area contributed by atoms with Crippen LogP contribution in [0.4, 0.5) is 0 Å². The van der Waals surface area contributed by atoms with Crippen LogP contribution in [0.1, 0.15) is 24.1 Å². The first-order valence-corrected chi connectivity index (χ1v) is 5.27. The van der Waals surface area contributed by atoms with E-state index in [1.54, 1.807) is 0 Å². The Morgan fingerprint density at radius 3 is 2.60 bits per heavy atom. The summed E-state index contributed by atoms with van der Waals surface area (Å²) in [5, 5.41) is 1.78. The fourth-order valence-corrected chi connectivity index (χ4v) is 2.42. The molecule has 0 unspecified atom stereocenters. The van der Waals surface area contributed by atoms with Gasteiger partial charge in [-0.05, 0) is 37.3 Å². The number of carbonyl (C=O) groups is 2. The lowest BCUT2D eigenvalue weighted by Crippen LogP contribution is -2.33. The molecule has 0 radical (unpaired) electrons. The van der Waals surface area contributed by atoms with Crippen LogP contribution in [0.3, 0.4) is 0 Å². The van der Waals surface area contributed by atoms with Crippen molar-refractivity contribution >= 4 is 23.7 Å². The largest absolute Gasteiger partial charge is 0.358 e. The molecule has 0 aliphatic heterocycles. The third-order valence-corrected chi connectivity index (χ3v) is 3.16. The average molecular weight is 201 g/mol. The molecule has 0 amide bonds. The molecule has 76 valence electrons. The van der Waals surface area contributed by atoms with Gasteiger partial charge >= 0.3 is 0 Å². The number of fused-ring (bicyclic) bond motifs is 3. The first-order valence-electron chi connectivity index (χ1n) is 5.27. The maximum atomic E-state index is 11.3. The Bertz CT molecular complexity index is 577. The highest BCUT2D eigenvalue weighted by Crippen LogP contribution is 2.15. The molecule has 1 aromatic heterocycles. The molecule has 15 heavy (non-hydrogen) atoms. The van der Waals surface area contributed by atoms with Gasteiger partial charge in [0.2, 0.25) is 11.6 Å². The Kier molecular flexibility index (Phi) is 1.69. The van der Waals surface area contributed by atoms with E-state index in [9.17, 15) is 9.59 Å². The molecule has 3 nitrogen and oxygen atoms in total. The van der Waals surface area contributed by atoms with Gasteiger partial charge in [0.15, 0.2) is 0 Å². The van der Waals surface area contributed by atoms with Crippen LogP contribution in [-0.2, 0) is 22.4 Å². The van der Waals surface area contributed by atoms with E-state index in [1.165, 1.54) is 36.3 Å². The van der Waals surface area contributed by atoms with Crippen molar-refractivity contribution in [2.75, 3.05) is 0 Å². The van der Waals surface area contributed by atoms with Crippen molar-refractivity contribution in [1.29, 1.82) is 0 Å². The maximum Gasteiger partial charge on any atom is 0.227 e. The normalized spacial score (nSPS) is 18.9. The molecule has 2 aliphatic rings. The van der Waals surface area contributed by atoms with E-state index in [0.717, 1.165) is 23.4 Å². The lowest BCUT2D eigenvalue weighted by molar-refractivity contribution is -0.129. The summed E-state index contributed by atoms with van der Waals surface area (Å²) in [5.41, 5.74) is 2.45. The summed E-state index contributed by atoms with van der Waals surface area (Å²) in [4.78, 5) is 25.7. The average Bonchev–Trinajstić information content (AvgIpc) is 2.57. The van der Waals surface area contributed by atoms with Crippen LogP contribution in [-0.4, -0.2) is 16.6 Å². The number of nitrogens with one attached hydrogen (secondary N) is 1. The van der Waals surface area contributed by atoms with E-state index in [1.807, 2.05) is 0 Å². The zero-order valence-corrected chi connectivity index (χ0v) is 8.30. The van der Waals surface area contributed by atoms with Gasteiger partial charge in [0.05, 0.1) is 5.35 Å². The first kappa shape index (κ1) is 8.65. The van der Waals surface area contributed by atoms with Gasteiger partial charge < -0.3 is 4.98 Å². The third kappa shape index (κ3) is 1.19. The van der Waals surface area contributed by atoms with Crippen molar-refractivity contribution in [1.82, 2.24) is 4.98 Å². The van der Waals surface area contributed by atoms with Gasteiger partial charge in [0, 0.05) is 17.0 Å². The number of Topliss-reactive ketones (excluding diaryl/α,β-unsaturated/α-hetero) is 2. The van der Waals surface area contributed by atoms with Crippen molar-refractivity contribution < 1.29 is 9.59 Å². The second kappa shape index (κ2) is 2.92. The Hall–Kier alpha value is -1.64. The SMILES string of the molecule is O=C1C=c2[nH]c3c(c2=CC1=O)CCCC3. The summed E-state index contributed by atoms with van der Waals surface area (Å²) in [6.45, 7) is 0. The molecule has 0 spiro atoms. The number of rotatable bonds is 0. The number of aromatic amines is 1. The second-order valence-corrected chi connectivity index (χ2v) is 4.13. The van der Waals surface area contributed by atoms with Gasteiger partial charge in [-0.2, -0.15) is 0 Å². The predicted octanol–water partition coefficient (Wildman–Crippen LogP) is -0.394. The molecule has 0 bridgehead atoms. The lowest BCUT2D eigenvalue weighted by Gasteiger charge is -2.09. The molecule has 1 heterocycles. The molecule has 1 N–H and O–H groups in total. The highest BCUT2D eigenvalue weighted by molar-refractivity contribution is 6.57. The van der Waals surface area contributed by atoms with Crippen molar-refractivity contribution in [2.24, 2.45) is 0 Å². The number of carbonyl (C=O) groups excluding carboxylic acids is 2. The number of aromatic nitrogens is 1. The second-order valence-electron chi connectivity index (χ2n) is 4.13. The summed E-state index contributed by atoms with van der Waals surface area (Å²) >= 11 is 0. The van der Waals surface area contributed by atoms with E-state index in [4.69, 9.17) is 0 Å². The van der Waals surface area contributed by atoms with Crippen LogP contribution in [0.25, 0.3) is 12.2 Å². The standard InChI is InChI=1S/C12H11NO2/c14-11-5-8-7-3-1-2-4-9(7)13-10(8)6-12(11)15/h5-6,13H,1-4H2. The van der Waals surface area contributed by atoms with Gasteiger partial charge in [-0.3, -0.25) is 9.59 Å². The molecule has 2 aliphatic carbocycles. The van der Waals surface area contributed by atoms with E-state index < -0.39 is 11.6 Å². The van der Waals surface area contributed by atoms with Gasteiger partial charge in [-0.15, -0.1) is 0 Å². The van der Waals surface area contributed by atoms with Gasteiger partial charge in [-0.1, -0.05) is 0 Å². The van der Waals surface area contributed by atoms with Crippen molar-refractivity contribution in [2.45, 2.75) is 25.7 Å². The monoisotopic (exact) mass is 201 g/mol. The third-order valence-electron chi connectivity index (χ3n) is 3.16. The van der Waals surface area contributed by atoms with E-state index in [-0.39, 0.29) is 0 Å². The predicted molar refractivity (Wildman–Crippen MR) is 55.6 cm³/mol. The fraction of sp³-hybridized carbons (Fsp3) is 0.333.